The first-order valence-corrected chi connectivity index (χ1v) is 4.34. The van der Waals surface area contributed by atoms with Crippen molar-refractivity contribution in [2.45, 2.75) is 0 Å². The molecule has 76 valence electrons. The number of hydrogen-bond acceptors (Lipinski definition) is 2. The fourth-order valence-corrected chi connectivity index (χ4v) is 1.29. The van der Waals surface area contributed by atoms with Crippen LogP contribution in [0.25, 0.3) is 11.1 Å². The van der Waals surface area contributed by atoms with E-state index in [1.165, 1.54) is 18.3 Å². The number of nitrogens with two attached hydrogens (primary N) is 1. The van der Waals surface area contributed by atoms with Crippen LogP contribution in [0.4, 0.5) is 14.6 Å². The van der Waals surface area contributed by atoms with E-state index in [-0.39, 0.29) is 5.56 Å². The van der Waals surface area contributed by atoms with Gasteiger partial charge in [-0.3, -0.25) is 0 Å². The number of benzene rings is 1. The molecule has 0 atom stereocenters. The van der Waals surface area contributed by atoms with E-state index in [0.29, 0.717) is 11.4 Å². The number of aromatic nitrogens is 1. The van der Waals surface area contributed by atoms with E-state index in [0.717, 1.165) is 6.07 Å². The van der Waals surface area contributed by atoms with Gasteiger partial charge in [-0.2, -0.15) is 0 Å². The highest BCUT2D eigenvalue weighted by Crippen LogP contribution is 2.23. The topological polar surface area (TPSA) is 38.9 Å². The minimum absolute atomic E-state index is 0.183. The molecule has 0 unspecified atom stereocenters. The molecule has 0 radical (unpaired) electrons. The number of pyridine rings is 1. The van der Waals surface area contributed by atoms with Gasteiger partial charge in [0.15, 0.2) is 11.6 Å². The number of halogens is 2. The third-order valence-corrected chi connectivity index (χ3v) is 2.05. The zero-order chi connectivity index (χ0) is 10.8. The summed E-state index contributed by atoms with van der Waals surface area (Å²) in [6.45, 7) is 0. The number of rotatable bonds is 1. The molecule has 0 spiro atoms. The molecule has 1 heterocycles. The standard InChI is InChI=1S/C11H8F2N2/c12-9-3-1-2-8(11(9)13)7-4-5-10(14)15-6-7/h1-6H,(H2,14,15). The van der Waals surface area contributed by atoms with Gasteiger partial charge in [-0.25, -0.2) is 13.8 Å². The van der Waals surface area contributed by atoms with Crippen molar-refractivity contribution < 1.29 is 8.78 Å². The van der Waals surface area contributed by atoms with Gasteiger partial charge in [-0.1, -0.05) is 12.1 Å². The third-order valence-electron chi connectivity index (χ3n) is 2.05. The Morgan fingerprint density at radius 2 is 1.87 bits per heavy atom. The van der Waals surface area contributed by atoms with Crippen LogP contribution in [0.5, 0.6) is 0 Å². The number of hydrogen-bond donors (Lipinski definition) is 1. The summed E-state index contributed by atoms with van der Waals surface area (Å²) >= 11 is 0. The molecule has 2 nitrogen and oxygen atoms in total. The molecule has 15 heavy (non-hydrogen) atoms. The summed E-state index contributed by atoms with van der Waals surface area (Å²) in [5.41, 5.74) is 6.08. The highest BCUT2D eigenvalue weighted by atomic mass is 19.2. The minimum atomic E-state index is -0.871. The largest absolute Gasteiger partial charge is 0.384 e. The smallest absolute Gasteiger partial charge is 0.166 e. The molecule has 0 aliphatic rings. The van der Waals surface area contributed by atoms with E-state index >= 15 is 0 Å². The van der Waals surface area contributed by atoms with Gasteiger partial charge in [-0.05, 0) is 18.2 Å². The summed E-state index contributed by atoms with van der Waals surface area (Å²) in [5, 5.41) is 0. The van der Waals surface area contributed by atoms with Gasteiger partial charge < -0.3 is 5.73 Å². The highest BCUT2D eigenvalue weighted by Gasteiger charge is 2.09. The molecule has 1 aromatic carbocycles. The summed E-state index contributed by atoms with van der Waals surface area (Å²) in [6, 6.07) is 7.15. The Hall–Kier alpha value is -1.97. The maximum Gasteiger partial charge on any atom is 0.166 e. The lowest BCUT2D eigenvalue weighted by atomic mass is 10.1. The monoisotopic (exact) mass is 206 g/mol. The first-order chi connectivity index (χ1) is 7.18. The van der Waals surface area contributed by atoms with E-state index in [9.17, 15) is 8.78 Å². The zero-order valence-corrected chi connectivity index (χ0v) is 7.74. The van der Waals surface area contributed by atoms with Crippen molar-refractivity contribution >= 4 is 5.82 Å². The lowest BCUT2D eigenvalue weighted by Crippen LogP contribution is -1.92. The lowest BCUT2D eigenvalue weighted by molar-refractivity contribution is 0.511. The predicted molar refractivity (Wildman–Crippen MR) is 54.0 cm³/mol. The molecule has 2 rings (SSSR count). The Morgan fingerprint density at radius 1 is 1.07 bits per heavy atom. The Balaban J connectivity index is 2.54. The molecule has 0 aliphatic carbocycles. The van der Waals surface area contributed by atoms with Crippen LogP contribution in [0.15, 0.2) is 36.5 Å². The SMILES string of the molecule is Nc1ccc(-c2cccc(F)c2F)cn1. The first kappa shape index (κ1) is 9.58. The van der Waals surface area contributed by atoms with Crippen molar-refractivity contribution in [3.05, 3.63) is 48.2 Å². The van der Waals surface area contributed by atoms with Crippen LogP contribution < -0.4 is 5.73 Å². The average molecular weight is 206 g/mol. The summed E-state index contributed by atoms with van der Waals surface area (Å²) in [5.74, 6) is -1.40. The maximum atomic E-state index is 13.4. The van der Waals surface area contributed by atoms with Crippen molar-refractivity contribution in [1.29, 1.82) is 0 Å². The molecule has 2 N–H and O–H groups in total. The predicted octanol–water partition coefficient (Wildman–Crippen LogP) is 2.61. The maximum absolute atomic E-state index is 13.4. The molecule has 0 amide bonds. The molecule has 1 aromatic heterocycles. The van der Waals surface area contributed by atoms with Gasteiger partial charge in [0.05, 0.1) is 0 Å². The molecule has 4 heteroatoms. The van der Waals surface area contributed by atoms with E-state index < -0.39 is 11.6 Å². The number of anilines is 1. The van der Waals surface area contributed by atoms with E-state index in [2.05, 4.69) is 4.98 Å². The third kappa shape index (κ3) is 1.79. The van der Waals surface area contributed by atoms with Gasteiger partial charge in [0.1, 0.15) is 5.82 Å². The summed E-state index contributed by atoms with van der Waals surface area (Å²) < 4.78 is 26.3. The Kier molecular flexibility index (Phi) is 2.33. The van der Waals surface area contributed by atoms with Crippen LogP contribution in [0, 0.1) is 11.6 Å². The van der Waals surface area contributed by atoms with Gasteiger partial charge in [-0.15, -0.1) is 0 Å². The lowest BCUT2D eigenvalue weighted by Gasteiger charge is -2.03. The van der Waals surface area contributed by atoms with Crippen molar-refractivity contribution in [3.63, 3.8) is 0 Å². The van der Waals surface area contributed by atoms with Gasteiger partial charge >= 0.3 is 0 Å². The minimum Gasteiger partial charge on any atom is -0.384 e. The molecule has 0 saturated heterocycles. The van der Waals surface area contributed by atoms with E-state index in [1.54, 1.807) is 12.1 Å². The Bertz CT molecular complexity index is 480. The normalized spacial score (nSPS) is 10.3. The fraction of sp³-hybridized carbons (Fsp3) is 0. The van der Waals surface area contributed by atoms with E-state index in [1.807, 2.05) is 0 Å². The fourth-order valence-electron chi connectivity index (χ4n) is 1.29. The van der Waals surface area contributed by atoms with Gasteiger partial charge in [0.25, 0.3) is 0 Å². The summed E-state index contributed by atoms with van der Waals surface area (Å²) in [7, 11) is 0. The molecular formula is C11H8F2N2. The van der Waals surface area contributed by atoms with Crippen LogP contribution >= 0.6 is 0 Å². The number of nitrogen functional groups attached to an aromatic ring is 1. The van der Waals surface area contributed by atoms with Gasteiger partial charge in [0, 0.05) is 17.3 Å². The Labute approximate surface area is 85.4 Å². The van der Waals surface area contributed by atoms with Crippen LogP contribution in [-0.4, -0.2) is 4.98 Å². The zero-order valence-electron chi connectivity index (χ0n) is 7.74. The highest BCUT2D eigenvalue weighted by molar-refractivity contribution is 5.64. The van der Waals surface area contributed by atoms with Crippen molar-refractivity contribution in [3.8, 4) is 11.1 Å². The molecule has 0 saturated carbocycles. The van der Waals surface area contributed by atoms with Crippen LogP contribution in [0.3, 0.4) is 0 Å². The first-order valence-electron chi connectivity index (χ1n) is 4.34. The van der Waals surface area contributed by atoms with Crippen LogP contribution in [-0.2, 0) is 0 Å². The second-order valence-electron chi connectivity index (χ2n) is 3.07. The molecular weight excluding hydrogens is 198 g/mol. The van der Waals surface area contributed by atoms with Crippen molar-refractivity contribution in [2.75, 3.05) is 5.73 Å². The van der Waals surface area contributed by atoms with Crippen LogP contribution in [0.1, 0.15) is 0 Å². The molecule has 0 aliphatic heterocycles. The number of nitrogens with zero attached hydrogens (tertiary/aromatic N) is 1. The quantitative estimate of drug-likeness (QED) is 0.778. The van der Waals surface area contributed by atoms with Crippen molar-refractivity contribution in [2.24, 2.45) is 0 Å². The molecule has 0 fully saturated rings. The second-order valence-corrected chi connectivity index (χ2v) is 3.07. The average Bonchev–Trinajstić information content (AvgIpc) is 2.24. The van der Waals surface area contributed by atoms with Gasteiger partial charge in [0.2, 0.25) is 0 Å². The van der Waals surface area contributed by atoms with Crippen molar-refractivity contribution in [1.82, 2.24) is 4.98 Å². The molecule has 0 bridgehead atoms. The van der Waals surface area contributed by atoms with Crippen LogP contribution in [0.2, 0.25) is 0 Å². The Morgan fingerprint density at radius 3 is 2.53 bits per heavy atom. The summed E-state index contributed by atoms with van der Waals surface area (Å²) in [6.07, 6.45) is 1.41. The van der Waals surface area contributed by atoms with E-state index in [4.69, 9.17) is 5.73 Å². The molecule has 2 aromatic rings. The second kappa shape index (κ2) is 3.65. The summed E-state index contributed by atoms with van der Waals surface area (Å²) in [4.78, 5) is 3.81.